The van der Waals surface area contributed by atoms with Gasteiger partial charge in [-0.15, -0.1) is 0 Å². The van der Waals surface area contributed by atoms with Crippen LogP contribution in [-0.4, -0.2) is 24.4 Å². The van der Waals surface area contributed by atoms with Crippen LogP contribution in [0.3, 0.4) is 0 Å². The molecular weight excluding hydrogens is 234 g/mol. The van der Waals surface area contributed by atoms with Gasteiger partial charge in [-0.2, -0.15) is 12.6 Å². The number of thiol groups is 1. The summed E-state index contributed by atoms with van der Waals surface area (Å²) < 4.78 is 4.99. The Labute approximate surface area is 110 Å². The second kappa shape index (κ2) is 9.31. The molecule has 0 saturated carbocycles. The zero-order valence-electron chi connectivity index (χ0n) is 10.9. The minimum Gasteiger partial charge on any atom is -0.460 e. The predicted molar refractivity (Wildman–Crippen MR) is 75.2 cm³/mol. The highest BCUT2D eigenvalue weighted by Crippen LogP contribution is 2.06. The molecule has 0 radical (unpaired) electrons. The standard InChI is InChI=1S/C13H23NO2S/c1-10(2)5-4-6-11(3)7-8-16-13(15)12(14)9-17/h5,7,12,17H,4,6,8-9,14H2,1-3H3/b11-7+/t12-/m0/s1. The number of allylic oxidation sites excluding steroid dienone is 3. The van der Waals surface area contributed by atoms with E-state index in [1.807, 2.05) is 13.0 Å². The van der Waals surface area contributed by atoms with E-state index < -0.39 is 12.0 Å². The van der Waals surface area contributed by atoms with Crippen LogP contribution in [-0.2, 0) is 9.53 Å². The van der Waals surface area contributed by atoms with E-state index in [0.29, 0.717) is 12.4 Å². The number of carbonyl (C=O) groups excluding carboxylic acids is 1. The molecule has 0 spiro atoms. The van der Waals surface area contributed by atoms with E-state index in [2.05, 4.69) is 32.6 Å². The van der Waals surface area contributed by atoms with Crippen LogP contribution in [0, 0.1) is 0 Å². The molecule has 0 saturated heterocycles. The maximum absolute atomic E-state index is 11.2. The number of nitrogens with two attached hydrogens (primary N) is 1. The van der Waals surface area contributed by atoms with Crippen molar-refractivity contribution in [2.75, 3.05) is 12.4 Å². The summed E-state index contributed by atoms with van der Waals surface area (Å²) in [4.78, 5) is 11.2. The number of rotatable bonds is 7. The maximum Gasteiger partial charge on any atom is 0.324 e. The lowest BCUT2D eigenvalue weighted by Crippen LogP contribution is -2.33. The van der Waals surface area contributed by atoms with Gasteiger partial charge >= 0.3 is 5.97 Å². The van der Waals surface area contributed by atoms with Gasteiger partial charge in [-0.1, -0.05) is 17.2 Å². The second-order valence-corrected chi connectivity index (χ2v) is 4.65. The molecule has 0 rings (SSSR count). The fourth-order valence-corrected chi connectivity index (χ4v) is 1.29. The van der Waals surface area contributed by atoms with Crippen molar-refractivity contribution in [3.63, 3.8) is 0 Å². The molecule has 0 aliphatic carbocycles. The summed E-state index contributed by atoms with van der Waals surface area (Å²) in [7, 11) is 0. The summed E-state index contributed by atoms with van der Waals surface area (Å²) in [6.45, 7) is 6.49. The van der Waals surface area contributed by atoms with Crippen molar-refractivity contribution in [2.45, 2.75) is 39.7 Å². The molecule has 0 aliphatic heterocycles. The Kier molecular flexibility index (Phi) is 8.90. The van der Waals surface area contributed by atoms with E-state index >= 15 is 0 Å². The van der Waals surface area contributed by atoms with E-state index in [4.69, 9.17) is 10.5 Å². The third-order valence-corrected chi connectivity index (χ3v) is 2.64. The lowest BCUT2D eigenvalue weighted by atomic mass is 10.1. The Hall–Kier alpha value is -0.740. The molecule has 0 fully saturated rings. The van der Waals surface area contributed by atoms with Gasteiger partial charge in [0.2, 0.25) is 0 Å². The lowest BCUT2D eigenvalue weighted by molar-refractivity contribution is -0.143. The number of ether oxygens (including phenoxy) is 1. The van der Waals surface area contributed by atoms with Crippen LogP contribution in [0.2, 0.25) is 0 Å². The van der Waals surface area contributed by atoms with E-state index in [-0.39, 0.29) is 0 Å². The summed E-state index contributed by atoms with van der Waals surface area (Å²) in [6, 6.07) is -0.627. The smallest absolute Gasteiger partial charge is 0.324 e. The fourth-order valence-electron chi connectivity index (χ4n) is 1.14. The topological polar surface area (TPSA) is 52.3 Å². The van der Waals surface area contributed by atoms with E-state index in [0.717, 1.165) is 12.8 Å². The molecule has 0 aromatic carbocycles. The summed E-state index contributed by atoms with van der Waals surface area (Å²) in [5, 5.41) is 0. The molecule has 0 amide bonds. The molecule has 0 aliphatic rings. The minimum atomic E-state index is -0.627. The van der Waals surface area contributed by atoms with Crippen LogP contribution >= 0.6 is 12.6 Å². The van der Waals surface area contributed by atoms with Crippen LogP contribution in [0.1, 0.15) is 33.6 Å². The summed E-state index contributed by atoms with van der Waals surface area (Å²) in [5.74, 6) is -0.0874. The monoisotopic (exact) mass is 257 g/mol. The fraction of sp³-hybridized carbons (Fsp3) is 0.615. The third kappa shape index (κ3) is 9.01. The Morgan fingerprint density at radius 2 is 2.00 bits per heavy atom. The van der Waals surface area contributed by atoms with Gasteiger partial charge in [0.1, 0.15) is 12.6 Å². The molecular formula is C13H23NO2S. The maximum atomic E-state index is 11.2. The van der Waals surface area contributed by atoms with E-state index in [1.54, 1.807) is 0 Å². The number of carbonyl (C=O) groups is 1. The van der Waals surface area contributed by atoms with Gasteiger partial charge in [0.15, 0.2) is 0 Å². The second-order valence-electron chi connectivity index (χ2n) is 4.29. The van der Waals surface area contributed by atoms with Crippen molar-refractivity contribution < 1.29 is 9.53 Å². The predicted octanol–water partition coefficient (Wildman–Crippen LogP) is 2.48. The van der Waals surface area contributed by atoms with Gasteiger partial charge < -0.3 is 10.5 Å². The molecule has 0 bridgehead atoms. The molecule has 0 heterocycles. The highest BCUT2D eigenvalue weighted by molar-refractivity contribution is 7.80. The largest absolute Gasteiger partial charge is 0.460 e. The van der Waals surface area contributed by atoms with Gasteiger partial charge in [0.05, 0.1) is 0 Å². The first-order valence-electron chi connectivity index (χ1n) is 5.79. The molecule has 2 N–H and O–H groups in total. The highest BCUT2D eigenvalue weighted by Gasteiger charge is 2.11. The Morgan fingerprint density at radius 1 is 1.35 bits per heavy atom. The normalized spacial score (nSPS) is 13.1. The van der Waals surface area contributed by atoms with Crippen molar-refractivity contribution >= 4 is 18.6 Å². The van der Waals surface area contributed by atoms with Gasteiger partial charge in [-0.25, -0.2) is 0 Å². The van der Waals surface area contributed by atoms with Crippen molar-refractivity contribution in [2.24, 2.45) is 5.73 Å². The Bertz CT molecular complexity index is 294. The average Bonchev–Trinajstić information content (AvgIpc) is 2.27. The highest BCUT2D eigenvalue weighted by atomic mass is 32.1. The molecule has 3 nitrogen and oxygen atoms in total. The molecule has 17 heavy (non-hydrogen) atoms. The number of esters is 1. The minimum absolute atomic E-state index is 0.293. The van der Waals surface area contributed by atoms with Gasteiger partial charge in [0.25, 0.3) is 0 Å². The molecule has 0 aromatic heterocycles. The van der Waals surface area contributed by atoms with Crippen LogP contribution in [0.15, 0.2) is 23.3 Å². The number of hydrogen-bond acceptors (Lipinski definition) is 4. The van der Waals surface area contributed by atoms with Gasteiger partial charge in [0, 0.05) is 5.75 Å². The van der Waals surface area contributed by atoms with Gasteiger partial charge in [-0.3, -0.25) is 4.79 Å². The Morgan fingerprint density at radius 3 is 2.53 bits per heavy atom. The van der Waals surface area contributed by atoms with Crippen LogP contribution in [0.25, 0.3) is 0 Å². The lowest BCUT2D eigenvalue weighted by Gasteiger charge is -2.07. The van der Waals surface area contributed by atoms with Crippen molar-refractivity contribution in [3.05, 3.63) is 23.3 Å². The van der Waals surface area contributed by atoms with E-state index in [1.165, 1.54) is 11.1 Å². The quantitative estimate of drug-likeness (QED) is 0.418. The molecule has 1 atom stereocenters. The summed E-state index contributed by atoms with van der Waals surface area (Å²) >= 11 is 3.94. The van der Waals surface area contributed by atoms with Crippen LogP contribution < -0.4 is 5.73 Å². The van der Waals surface area contributed by atoms with Crippen LogP contribution in [0.4, 0.5) is 0 Å². The van der Waals surface area contributed by atoms with E-state index in [9.17, 15) is 4.79 Å². The van der Waals surface area contributed by atoms with Crippen molar-refractivity contribution in [1.82, 2.24) is 0 Å². The van der Waals surface area contributed by atoms with Crippen molar-refractivity contribution in [1.29, 1.82) is 0 Å². The first-order chi connectivity index (χ1) is 7.97. The SMILES string of the molecule is CC(C)=CCC/C(C)=C/COC(=O)[C@@H](N)CS. The molecule has 0 unspecified atom stereocenters. The zero-order valence-corrected chi connectivity index (χ0v) is 11.8. The average molecular weight is 257 g/mol. The molecule has 98 valence electrons. The van der Waals surface area contributed by atoms with Crippen LogP contribution in [0.5, 0.6) is 0 Å². The molecule has 4 heteroatoms. The molecule has 0 aromatic rings. The zero-order chi connectivity index (χ0) is 13.3. The Balaban J connectivity index is 3.84. The third-order valence-electron chi connectivity index (χ3n) is 2.25. The van der Waals surface area contributed by atoms with Crippen molar-refractivity contribution in [3.8, 4) is 0 Å². The summed E-state index contributed by atoms with van der Waals surface area (Å²) in [6.07, 6.45) is 6.12. The first kappa shape index (κ1) is 16.3. The number of hydrogen-bond donors (Lipinski definition) is 2. The summed E-state index contributed by atoms with van der Waals surface area (Å²) in [5.41, 5.74) is 8.01. The first-order valence-corrected chi connectivity index (χ1v) is 6.42. The van der Waals surface area contributed by atoms with Gasteiger partial charge in [-0.05, 0) is 39.7 Å².